The first kappa shape index (κ1) is 10.3. The Hall–Kier alpha value is -0.790. The summed E-state index contributed by atoms with van der Waals surface area (Å²) in [5.74, 6) is 1.32. The minimum absolute atomic E-state index is 0.333. The molecular weight excluding hydrogens is 162 g/mol. The molecule has 1 saturated carbocycles. The second-order valence-electron chi connectivity index (χ2n) is 4.42. The average molecular weight is 181 g/mol. The number of allylic oxidation sites excluding steroid dienone is 1. The topological polar surface area (TPSA) is 20.3 Å². The molecule has 2 heteroatoms. The van der Waals surface area contributed by atoms with Crippen molar-refractivity contribution in [1.82, 2.24) is 4.90 Å². The van der Waals surface area contributed by atoms with Crippen molar-refractivity contribution in [3.05, 3.63) is 11.8 Å². The fourth-order valence-corrected chi connectivity index (χ4v) is 2.00. The van der Waals surface area contributed by atoms with Gasteiger partial charge in [-0.05, 0) is 18.3 Å². The number of hydrogen-bond acceptors (Lipinski definition) is 2. The van der Waals surface area contributed by atoms with Crippen LogP contribution in [0.3, 0.4) is 0 Å². The summed E-state index contributed by atoms with van der Waals surface area (Å²) < 4.78 is 0. The Kier molecular flexibility index (Phi) is 3.12. The largest absolute Gasteiger partial charge is 0.383 e. The maximum absolute atomic E-state index is 11.7. The molecule has 2 atom stereocenters. The van der Waals surface area contributed by atoms with E-state index in [0.29, 0.717) is 17.6 Å². The first-order valence-electron chi connectivity index (χ1n) is 4.92. The molecule has 13 heavy (non-hydrogen) atoms. The van der Waals surface area contributed by atoms with Crippen LogP contribution in [-0.2, 0) is 4.79 Å². The van der Waals surface area contributed by atoms with Crippen molar-refractivity contribution in [3.8, 4) is 0 Å². The smallest absolute Gasteiger partial charge is 0.160 e. The molecule has 1 rings (SSSR count). The van der Waals surface area contributed by atoms with Crippen LogP contribution in [0.1, 0.15) is 26.7 Å². The van der Waals surface area contributed by atoms with Crippen LogP contribution in [0.4, 0.5) is 0 Å². The third-order valence-electron chi connectivity index (χ3n) is 2.54. The monoisotopic (exact) mass is 181 g/mol. The van der Waals surface area contributed by atoms with E-state index >= 15 is 0 Å². The summed E-state index contributed by atoms with van der Waals surface area (Å²) in [6, 6.07) is 0. The molecule has 2 nitrogen and oxygen atoms in total. The molecule has 0 aromatic rings. The number of nitrogens with zero attached hydrogens (tertiary/aromatic N) is 1. The van der Waals surface area contributed by atoms with E-state index in [1.807, 2.05) is 25.2 Å². The van der Waals surface area contributed by atoms with Crippen molar-refractivity contribution < 1.29 is 4.79 Å². The van der Waals surface area contributed by atoms with Crippen LogP contribution in [0.15, 0.2) is 11.8 Å². The molecule has 74 valence electrons. The number of Topliss-reactive ketones (excluding diaryl/α,β-unsaturated/α-hetero) is 1. The lowest BCUT2D eigenvalue weighted by atomic mass is 9.79. The van der Waals surface area contributed by atoms with E-state index in [-0.39, 0.29) is 0 Å². The fraction of sp³-hybridized carbons (Fsp3) is 0.727. The molecule has 0 bridgehead atoms. The minimum Gasteiger partial charge on any atom is -0.383 e. The SMILES string of the molecule is CC1CC(=O)/C(=C\N(C)C)C(C)C1. The van der Waals surface area contributed by atoms with Crippen LogP contribution in [0.5, 0.6) is 0 Å². The highest BCUT2D eigenvalue weighted by Gasteiger charge is 2.26. The van der Waals surface area contributed by atoms with Crippen molar-refractivity contribution in [2.45, 2.75) is 26.7 Å². The summed E-state index contributed by atoms with van der Waals surface area (Å²) in [7, 11) is 3.93. The van der Waals surface area contributed by atoms with Gasteiger partial charge in [0.15, 0.2) is 5.78 Å². The molecule has 1 aliphatic carbocycles. The highest BCUT2D eigenvalue weighted by Crippen LogP contribution is 2.30. The Labute approximate surface area is 80.6 Å². The molecule has 0 aromatic carbocycles. The van der Waals surface area contributed by atoms with Crippen molar-refractivity contribution in [2.75, 3.05) is 14.1 Å². The van der Waals surface area contributed by atoms with E-state index < -0.39 is 0 Å². The lowest BCUT2D eigenvalue weighted by Crippen LogP contribution is -2.24. The quantitative estimate of drug-likeness (QED) is 0.577. The Morgan fingerprint density at radius 2 is 2.00 bits per heavy atom. The van der Waals surface area contributed by atoms with E-state index in [1.54, 1.807) is 0 Å². The molecule has 0 N–H and O–H groups in total. The van der Waals surface area contributed by atoms with Crippen LogP contribution in [0, 0.1) is 11.8 Å². The zero-order valence-electron chi connectivity index (χ0n) is 9.00. The van der Waals surface area contributed by atoms with Crippen molar-refractivity contribution in [2.24, 2.45) is 11.8 Å². The van der Waals surface area contributed by atoms with Crippen molar-refractivity contribution >= 4 is 5.78 Å². The molecular formula is C11H19NO. The summed E-state index contributed by atoms with van der Waals surface area (Å²) in [5.41, 5.74) is 1.00. The van der Waals surface area contributed by atoms with Crippen LogP contribution in [-0.4, -0.2) is 24.8 Å². The normalized spacial score (nSPS) is 32.3. The summed E-state index contributed by atoms with van der Waals surface area (Å²) in [6.45, 7) is 4.30. The van der Waals surface area contributed by atoms with Gasteiger partial charge in [-0.3, -0.25) is 4.79 Å². The number of hydrogen-bond donors (Lipinski definition) is 0. The zero-order valence-corrected chi connectivity index (χ0v) is 9.00. The van der Waals surface area contributed by atoms with Gasteiger partial charge in [0.1, 0.15) is 0 Å². The summed E-state index contributed by atoms with van der Waals surface area (Å²) in [5, 5.41) is 0. The highest BCUT2D eigenvalue weighted by molar-refractivity contribution is 5.96. The predicted molar refractivity (Wildman–Crippen MR) is 54.3 cm³/mol. The van der Waals surface area contributed by atoms with Gasteiger partial charge in [0.25, 0.3) is 0 Å². The van der Waals surface area contributed by atoms with Crippen LogP contribution < -0.4 is 0 Å². The van der Waals surface area contributed by atoms with Crippen LogP contribution >= 0.6 is 0 Å². The van der Waals surface area contributed by atoms with Gasteiger partial charge >= 0.3 is 0 Å². The molecule has 0 radical (unpaired) electrons. The van der Waals surface area contributed by atoms with Gasteiger partial charge in [0.2, 0.25) is 0 Å². The van der Waals surface area contributed by atoms with E-state index in [9.17, 15) is 4.79 Å². The van der Waals surface area contributed by atoms with E-state index in [4.69, 9.17) is 0 Å². The average Bonchev–Trinajstić information content (AvgIpc) is 1.96. The maximum atomic E-state index is 11.7. The fourth-order valence-electron chi connectivity index (χ4n) is 2.00. The summed E-state index contributed by atoms with van der Waals surface area (Å²) in [4.78, 5) is 13.6. The Bertz CT molecular complexity index is 230. The lowest BCUT2D eigenvalue weighted by molar-refractivity contribution is -0.118. The molecule has 2 unspecified atom stereocenters. The van der Waals surface area contributed by atoms with Gasteiger partial charge in [-0.25, -0.2) is 0 Å². The van der Waals surface area contributed by atoms with Gasteiger partial charge in [-0.1, -0.05) is 13.8 Å². The minimum atomic E-state index is 0.333. The number of carbonyl (C=O) groups is 1. The third-order valence-corrected chi connectivity index (χ3v) is 2.54. The second kappa shape index (κ2) is 3.95. The lowest BCUT2D eigenvalue weighted by Gasteiger charge is -2.26. The van der Waals surface area contributed by atoms with Crippen molar-refractivity contribution in [1.29, 1.82) is 0 Å². The first-order chi connectivity index (χ1) is 6.00. The molecule has 0 aliphatic heterocycles. The van der Waals surface area contributed by atoms with E-state index in [2.05, 4.69) is 13.8 Å². The first-order valence-corrected chi connectivity index (χ1v) is 4.92. The Balaban J connectivity index is 2.78. The highest BCUT2D eigenvalue weighted by atomic mass is 16.1. The van der Waals surface area contributed by atoms with Gasteiger partial charge in [0, 0.05) is 32.3 Å². The molecule has 0 spiro atoms. The molecule has 0 amide bonds. The zero-order chi connectivity index (χ0) is 10.0. The standard InChI is InChI=1S/C11H19NO/c1-8-5-9(2)10(7-12(3)4)11(13)6-8/h7-9H,5-6H2,1-4H3/b10-7-. The van der Waals surface area contributed by atoms with Gasteiger partial charge < -0.3 is 4.90 Å². The maximum Gasteiger partial charge on any atom is 0.160 e. The third kappa shape index (κ3) is 2.58. The number of rotatable bonds is 1. The molecule has 0 aromatic heterocycles. The predicted octanol–water partition coefficient (Wildman–Crippen LogP) is 2.07. The number of ketones is 1. The van der Waals surface area contributed by atoms with Gasteiger partial charge in [-0.15, -0.1) is 0 Å². The Morgan fingerprint density at radius 1 is 1.38 bits per heavy atom. The van der Waals surface area contributed by atoms with Crippen LogP contribution in [0.2, 0.25) is 0 Å². The van der Waals surface area contributed by atoms with E-state index in [1.165, 1.54) is 0 Å². The molecule has 0 saturated heterocycles. The van der Waals surface area contributed by atoms with Gasteiger partial charge in [-0.2, -0.15) is 0 Å². The van der Waals surface area contributed by atoms with Gasteiger partial charge in [0.05, 0.1) is 0 Å². The molecule has 0 heterocycles. The Morgan fingerprint density at radius 3 is 2.46 bits per heavy atom. The van der Waals surface area contributed by atoms with Crippen molar-refractivity contribution in [3.63, 3.8) is 0 Å². The van der Waals surface area contributed by atoms with E-state index in [0.717, 1.165) is 18.4 Å². The second-order valence-corrected chi connectivity index (χ2v) is 4.42. The summed E-state index contributed by atoms with van der Waals surface area (Å²) >= 11 is 0. The number of carbonyl (C=O) groups excluding carboxylic acids is 1. The van der Waals surface area contributed by atoms with Crippen LogP contribution in [0.25, 0.3) is 0 Å². The summed E-state index contributed by atoms with van der Waals surface area (Å²) in [6.07, 6.45) is 3.84. The molecule has 1 fully saturated rings. The molecule has 1 aliphatic rings.